The molecule has 0 unspecified atom stereocenters. The number of hydrogen-bond donors (Lipinski definition) is 2. The number of nitrogens with zero attached hydrogens (tertiary/aromatic N) is 2. The van der Waals surface area contributed by atoms with E-state index in [1.807, 2.05) is 7.05 Å². The summed E-state index contributed by atoms with van der Waals surface area (Å²) in [4.78, 5) is 6.86. The molecule has 2 N–H and O–H groups in total. The van der Waals surface area contributed by atoms with Crippen molar-refractivity contribution < 1.29 is 0 Å². The average molecular weight is 380 g/mol. The molecule has 5 heteroatoms. The molecular weight excluding hydrogens is 351 g/mol. The van der Waals surface area contributed by atoms with Gasteiger partial charge in [-0.05, 0) is 38.8 Å². The van der Waals surface area contributed by atoms with Gasteiger partial charge in [-0.15, -0.1) is 24.0 Å². The van der Waals surface area contributed by atoms with E-state index in [-0.39, 0.29) is 24.0 Å². The number of piperidine rings is 1. The smallest absolute Gasteiger partial charge is 0.191 e. The third-order valence-corrected chi connectivity index (χ3v) is 4.09. The van der Waals surface area contributed by atoms with Gasteiger partial charge in [-0.25, -0.2) is 0 Å². The minimum atomic E-state index is 0. The monoisotopic (exact) mass is 380 g/mol. The second kappa shape index (κ2) is 9.80. The van der Waals surface area contributed by atoms with Crippen LogP contribution in [0.25, 0.3) is 0 Å². The molecule has 0 atom stereocenters. The first-order valence-electron chi connectivity index (χ1n) is 7.58. The molecule has 1 heterocycles. The zero-order chi connectivity index (χ0) is 12.6. The predicted molar refractivity (Wildman–Crippen MR) is 92.5 cm³/mol. The van der Waals surface area contributed by atoms with Crippen molar-refractivity contribution in [2.75, 3.05) is 33.2 Å². The van der Waals surface area contributed by atoms with Crippen molar-refractivity contribution >= 4 is 29.9 Å². The minimum Gasteiger partial charge on any atom is -0.355 e. The summed E-state index contributed by atoms with van der Waals surface area (Å²) in [5.74, 6) is 0.985. The van der Waals surface area contributed by atoms with Crippen LogP contribution in [0.2, 0.25) is 0 Å². The molecule has 19 heavy (non-hydrogen) atoms. The lowest BCUT2D eigenvalue weighted by Crippen LogP contribution is -2.45. The van der Waals surface area contributed by atoms with Gasteiger partial charge in [-0.2, -0.15) is 0 Å². The lowest BCUT2D eigenvalue weighted by atomic mass is 10.1. The number of nitrogens with one attached hydrogen (secondary N) is 2. The zero-order valence-electron chi connectivity index (χ0n) is 12.2. The number of aliphatic imine (C=N–C) groups is 1. The van der Waals surface area contributed by atoms with E-state index < -0.39 is 0 Å². The highest BCUT2D eigenvalue weighted by atomic mass is 127. The van der Waals surface area contributed by atoms with Crippen LogP contribution in [0.15, 0.2) is 4.99 Å². The van der Waals surface area contributed by atoms with Crippen LogP contribution in [-0.2, 0) is 0 Å². The first kappa shape index (κ1) is 17.0. The largest absolute Gasteiger partial charge is 0.355 e. The minimum absolute atomic E-state index is 0. The summed E-state index contributed by atoms with van der Waals surface area (Å²) in [7, 11) is 1.87. The van der Waals surface area contributed by atoms with Crippen LogP contribution < -0.4 is 10.6 Å². The molecule has 0 spiro atoms. The average Bonchev–Trinajstić information content (AvgIpc) is 2.92. The Morgan fingerprint density at radius 2 is 1.79 bits per heavy atom. The molecular formula is C14H29IN4. The predicted octanol–water partition coefficient (Wildman–Crippen LogP) is 2.20. The van der Waals surface area contributed by atoms with Crippen LogP contribution in [0.1, 0.15) is 44.9 Å². The Kier molecular flexibility index (Phi) is 8.77. The third-order valence-electron chi connectivity index (χ3n) is 4.09. The van der Waals surface area contributed by atoms with Gasteiger partial charge in [0.1, 0.15) is 0 Å². The molecule has 4 nitrogen and oxygen atoms in total. The molecule has 0 aromatic rings. The lowest BCUT2D eigenvalue weighted by molar-refractivity contribution is 0.232. The van der Waals surface area contributed by atoms with Crippen molar-refractivity contribution in [3.05, 3.63) is 0 Å². The molecule has 1 aliphatic carbocycles. The molecule has 0 radical (unpaired) electrons. The van der Waals surface area contributed by atoms with Gasteiger partial charge >= 0.3 is 0 Å². The Labute approximate surface area is 134 Å². The Hall–Kier alpha value is -0.0400. The number of likely N-dealkylation sites (tertiary alicyclic amines) is 1. The first-order valence-corrected chi connectivity index (χ1v) is 7.58. The van der Waals surface area contributed by atoms with Crippen LogP contribution in [0.3, 0.4) is 0 Å². The molecule has 1 saturated heterocycles. The van der Waals surface area contributed by atoms with Crippen LogP contribution in [0.4, 0.5) is 0 Å². The summed E-state index contributed by atoms with van der Waals surface area (Å²) in [6.45, 7) is 4.70. The van der Waals surface area contributed by atoms with Crippen molar-refractivity contribution in [1.82, 2.24) is 15.5 Å². The van der Waals surface area contributed by atoms with Crippen molar-refractivity contribution in [2.24, 2.45) is 4.99 Å². The summed E-state index contributed by atoms with van der Waals surface area (Å²) >= 11 is 0. The van der Waals surface area contributed by atoms with Crippen molar-refractivity contribution in [1.29, 1.82) is 0 Å². The van der Waals surface area contributed by atoms with Crippen LogP contribution in [-0.4, -0.2) is 50.1 Å². The van der Waals surface area contributed by atoms with Crippen LogP contribution in [0.5, 0.6) is 0 Å². The maximum atomic E-state index is 4.31. The molecule has 2 aliphatic rings. The normalized spacial score (nSPS) is 22.1. The van der Waals surface area contributed by atoms with E-state index in [0.29, 0.717) is 6.04 Å². The maximum Gasteiger partial charge on any atom is 0.191 e. The van der Waals surface area contributed by atoms with Gasteiger partial charge in [-0.3, -0.25) is 4.99 Å². The molecule has 2 rings (SSSR count). The number of hydrogen-bond acceptors (Lipinski definition) is 2. The first-order chi connectivity index (χ1) is 8.88. The fraction of sp³-hybridized carbons (Fsp3) is 0.929. The summed E-state index contributed by atoms with van der Waals surface area (Å²) in [5, 5.41) is 6.96. The SMILES string of the molecule is CN=C(NCCN1CCCCC1)NC1CCCC1.I. The van der Waals surface area contributed by atoms with Crippen molar-refractivity contribution in [2.45, 2.75) is 51.0 Å². The Bertz CT molecular complexity index is 258. The molecule has 2 fully saturated rings. The van der Waals surface area contributed by atoms with E-state index in [1.54, 1.807) is 0 Å². The Morgan fingerprint density at radius 3 is 2.42 bits per heavy atom. The topological polar surface area (TPSA) is 39.7 Å². The van der Waals surface area contributed by atoms with Crippen LogP contribution >= 0.6 is 24.0 Å². The van der Waals surface area contributed by atoms with Crippen molar-refractivity contribution in [3.8, 4) is 0 Å². The molecule has 0 aromatic carbocycles. The molecule has 0 amide bonds. The third kappa shape index (κ3) is 6.29. The molecule has 0 bridgehead atoms. The molecule has 1 saturated carbocycles. The second-order valence-electron chi connectivity index (χ2n) is 5.53. The number of guanidine groups is 1. The molecule has 0 aromatic heterocycles. The summed E-state index contributed by atoms with van der Waals surface area (Å²) < 4.78 is 0. The Morgan fingerprint density at radius 1 is 1.11 bits per heavy atom. The van der Waals surface area contributed by atoms with Gasteiger partial charge in [0.25, 0.3) is 0 Å². The van der Waals surface area contributed by atoms with Crippen LogP contribution in [0, 0.1) is 0 Å². The lowest BCUT2D eigenvalue weighted by Gasteiger charge is -2.27. The highest BCUT2D eigenvalue weighted by molar-refractivity contribution is 14.0. The zero-order valence-corrected chi connectivity index (χ0v) is 14.5. The fourth-order valence-electron chi connectivity index (χ4n) is 2.97. The second-order valence-corrected chi connectivity index (χ2v) is 5.53. The highest BCUT2D eigenvalue weighted by Crippen LogP contribution is 2.17. The number of halogens is 1. The van der Waals surface area contributed by atoms with E-state index in [4.69, 9.17) is 0 Å². The van der Waals surface area contributed by atoms with Gasteiger partial charge in [0.15, 0.2) is 5.96 Å². The summed E-state index contributed by atoms with van der Waals surface area (Å²) in [6.07, 6.45) is 9.48. The van der Waals surface area contributed by atoms with Gasteiger partial charge in [-0.1, -0.05) is 19.3 Å². The quantitative estimate of drug-likeness (QED) is 0.446. The van der Waals surface area contributed by atoms with E-state index >= 15 is 0 Å². The van der Waals surface area contributed by atoms with Crippen molar-refractivity contribution in [3.63, 3.8) is 0 Å². The highest BCUT2D eigenvalue weighted by Gasteiger charge is 2.16. The number of rotatable bonds is 4. The van der Waals surface area contributed by atoms with Gasteiger partial charge in [0, 0.05) is 26.2 Å². The van der Waals surface area contributed by atoms with E-state index in [2.05, 4.69) is 20.5 Å². The molecule has 112 valence electrons. The van der Waals surface area contributed by atoms with E-state index in [9.17, 15) is 0 Å². The van der Waals surface area contributed by atoms with E-state index in [1.165, 1.54) is 58.0 Å². The van der Waals surface area contributed by atoms with Gasteiger partial charge < -0.3 is 15.5 Å². The standard InChI is InChI=1S/C14H28N4.HI/c1-15-14(17-13-7-3-4-8-13)16-9-12-18-10-5-2-6-11-18;/h13H,2-12H2,1H3,(H2,15,16,17);1H. The fourth-order valence-corrected chi connectivity index (χ4v) is 2.97. The maximum absolute atomic E-state index is 4.31. The summed E-state index contributed by atoms with van der Waals surface area (Å²) in [6, 6.07) is 0.645. The molecule has 1 aliphatic heterocycles. The van der Waals surface area contributed by atoms with E-state index in [0.717, 1.165) is 19.0 Å². The van der Waals surface area contributed by atoms with Gasteiger partial charge in [0.05, 0.1) is 0 Å². The Balaban J connectivity index is 0.00000180. The van der Waals surface area contributed by atoms with Gasteiger partial charge in [0.2, 0.25) is 0 Å². The summed E-state index contributed by atoms with van der Waals surface area (Å²) in [5.41, 5.74) is 0.